The van der Waals surface area contributed by atoms with Crippen LogP contribution >= 0.6 is 11.3 Å². The topological polar surface area (TPSA) is 46.1 Å². The van der Waals surface area contributed by atoms with E-state index in [-0.39, 0.29) is 11.9 Å². The van der Waals surface area contributed by atoms with Gasteiger partial charge in [0.1, 0.15) is 5.69 Å². The Kier molecular flexibility index (Phi) is 3.49. The van der Waals surface area contributed by atoms with Gasteiger partial charge in [-0.1, -0.05) is 6.07 Å². The molecule has 0 aromatic carbocycles. The Hall–Kier alpha value is -1.75. The van der Waals surface area contributed by atoms with Crippen LogP contribution in [-0.2, 0) is 0 Å². The van der Waals surface area contributed by atoms with Crippen molar-refractivity contribution in [3.63, 3.8) is 0 Å². The van der Waals surface area contributed by atoms with Crippen LogP contribution in [0.25, 0.3) is 0 Å². The third kappa shape index (κ3) is 2.50. The third-order valence-corrected chi connectivity index (χ3v) is 3.68. The normalized spacial score (nSPS) is 12.1. The number of carbonyl (C=O) groups is 1. The van der Waals surface area contributed by atoms with E-state index >= 15 is 0 Å². The minimum absolute atomic E-state index is 0.0458. The SMILES string of the molecule is CC(c1cccs1)N(C)C(=O)c1cnccn1. The molecule has 0 aliphatic rings. The van der Waals surface area contributed by atoms with Crippen LogP contribution in [0.1, 0.15) is 28.3 Å². The molecular formula is C12H13N3OS. The molecule has 88 valence electrons. The lowest BCUT2D eigenvalue weighted by Crippen LogP contribution is -2.29. The van der Waals surface area contributed by atoms with E-state index in [4.69, 9.17) is 0 Å². The molecule has 0 N–H and O–H groups in total. The molecule has 0 fully saturated rings. The summed E-state index contributed by atoms with van der Waals surface area (Å²) in [5.74, 6) is -0.112. The molecule has 5 heteroatoms. The fourth-order valence-corrected chi connectivity index (χ4v) is 2.31. The van der Waals surface area contributed by atoms with E-state index in [1.807, 2.05) is 24.4 Å². The number of hydrogen-bond acceptors (Lipinski definition) is 4. The molecule has 0 saturated heterocycles. The van der Waals surface area contributed by atoms with Crippen molar-refractivity contribution in [1.29, 1.82) is 0 Å². The summed E-state index contributed by atoms with van der Waals surface area (Å²) in [6, 6.07) is 4.05. The van der Waals surface area contributed by atoms with Gasteiger partial charge in [-0.2, -0.15) is 0 Å². The van der Waals surface area contributed by atoms with Crippen molar-refractivity contribution in [2.75, 3.05) is 7.05 Å². The summed E-state index contributed by atoms with van der Waals surface area (Å²) in [5, 5.41) is 2.01. The number of thiophene rings is 1. The van der Waals surface area contributed by atoms with Gasteiger partial charge < -0.3 is 4.90 Å². The second kappa shape index (κ2) is 5.05. The molecule has 0 spiro atoms. The number of amides is 1. The molecule has 2 rings (SSSR count). The van der Waals surface area contributed by atoms with Crippen molar-refractivity contribution in [3.8, 4) is 0 Å². The first kappa shape index (κ1) is 11.7. The molecule has 2 heterocycles. The standard InChI is InChI=1S/C12H13N3OS/c1-9(11-4-3-7-17-11)15(2)12(16)10-8-13-5-6-14-10/h3-9H,1-2H3. The molecule has 2 aromatic rings. The van der Waals surface area contributed by atoms with Crippen molar-refractivity contribution < 1.29 is 4.79 Å². The zero-order valence-corrected chi connectivity index (χ0v) is 10.5. The Labute approximate surface area is 104 Å². The number of aromatic nitrogens is 2. The predicted molar refractivity (Wildman–Crippen MR) is 66.9 cm³/mol. The maximum Gasteiger partial charge on any atom is 0.274 e. The monoisotopic (exact) mass is 247 g/mol. The van der Waals surface area contributed by atoms with E-state index in [9.17, 15) is 4.79 Å². The summed E-state index contributed by atoms with van der Waals surface area (Å²) in [5.41, 5.74) is 0.374. The van der Waals surface area contributed by atoms with Crippen LogP contribution in [0, 0.1) is 0 Å². The van der Waals surface area contributed by atoms with Crippen LogP contribution in [0.15, 0.2) is 36.1 Å². The first-order valence-electron chi connectivity index (χ1n) is 5.26. The lowest BCUT2D eigenvalue weighted by Gasteiger charge is -2.23. The molecule has 4 nitrogen and oxygen atoms in total. The number of carbonyl (C=O) groups excluding carboxylic acids is 1. The average molecular weight is 247 g/mol. The van der Waals surface area contributed by atoms with Gasteiger partial charge in [-0.05, 0) is 18.4 Å². The van der Waals surface area contributed by atoms with Crippen molar-refractivity contribution in [2.45, 2.75) is 13.0 Å². The second-order valence-electron chi connectivity index (χ2n) is 3.70. The molecule has 1 atom stereocenters. The summed E-state index contributed by atoms with van der Waals surface area (Å²) in [6.07, 6.45) is 4.57. The van der Waals surface area contributed by atoms with E-state index in [2.05, 4.69) is 9.97 Å². The lowest BCUT2D eigenvalue weighted by molar-refractivity contribution is 0.0738. The Bertz CT molecular complexity index is 484. The largest absolute Gasteiger partial charge is 0.333 e. The predicted octanol–water partition coefficient (Wildman–Crippen LogP) is 2.37. The van der Waals surface area contributed by atoms with Gasteiger partial charge in [0.25, 0.3) is 5.91 Å². The first-order valence-corrected chi connectivity index (χ1v) is 6.14. The van der Waals surface area contributed by atoms with Crippen molar-refractivity contribution >= 4 is 17.2 Å². The highest BCUT2D eigenvalue weighted by atomic mass is 32.1. The van der Waals surface area contributed by atoms with E-state index in [0.29, 0.717) is 5.69 Å². The third-order valence-electron chi connectivity index (χ3n) is 2.64. The summed E-state index contributed by atoms with van der Waals surface area (Å²) in [6.45, 7) is 2.00. The Morgan fingerprint density at radius 2 is 2.29 bits per heavy atom. The van der Waals surface area contributed by atoms with Gasteiger partial charge in [0.05, 0.1) is 12.2 Å². The van der Waals surface area contributed by atoms with Crippen LogP contribution in [0.4, 0.5) is 0 Å². The Morgan fingerprint density at radius 3 is 2.88 bits per heavy atom. The molecule has 17 heavy (non-hydrogen) atoms. The Balaban J connectivity index is 2.16. The van der Waals surface area contributed by atoms with Gasteiger partial charge in [0.2, 0.25) is 0 Å². The van der Waals surface area contributed by atoms with Gasteiger partial charge in [-0.25, -0.2) is 4.98 Å². The smallest absolute Gasteiger partial charge is 0.274 e. The highest BCUT2D eigenvalue weighted by Crippen LogP contribution is 2.24. The van der Waals surface area contributed by atoms with Crippen LogP contribution in [0.5, 0.6) is 0 Å². The van der Waals surface area contributed by atoms with Crippen LogP contribution in [0.3, 0.4) is 0 Å². The molecule has 0 saturated carbocycles. The van der Waals surface area contributed by atoms with Gasteiger partial charge >= 0.3 is 0 Å². The molecule has 0 radical (unpaired) electrons. The fraction of sp³-hybridized carbons (Fsp3) is 0.250. The maximum absolute atomic E-state index is 12.1. The molecule has 0 aliphatic heterocycles. The highest BCUT2D eigenvalue weighted by molar-refractivity contribution is 7.10. The van der Waals surface area contributed by atoms with Gasteiger partial charge in [0, 0.05) is 24.3 Å². The van der Waals surface area contributed by atoms with E-state index in [1.54, 1.807) is 29.5 Å². The first-order chi connectivity index (χ1) is 8.20. The van der Waals surface area contributed by atoms with Crippen LogP contribution in [0.2, 0.25) is 0 Å². The summed E-state index contributed by atoms with van der Waals surface area (Å²) >= 11 is 1.64. The number of rotatable bonds is 3. The molecule has 0 aliphatic carbocycles. The second-order valence-corrected chi connectivity index (χ2v) is 4.68. The van der Waals surface area contributed by atoms with Crippen LogP contribution < -0.4 is 0 Å². The van der Waals surface area contributed by atoms with E-state index in [0.717, 1.165) is 4.88 Å². The molecular weight excluding hydrogens is 234 g/mol. The maximum atomic E-state index is 12.1. The zero-order chi connectivity index (χ0) is 12.3. The minimum atomic E-state index is -0.112. The zero-order valence-electron chi connectivity index (χ0n) is 9.70. The lowest BCUT2D eigenvalue weighted by atomic mass is 10.2. The van der Waals surface area contributed by atoms with E-state index < -0.39 is 0 Å². The van der Waals surface area contributed by atoms with Gasteiger partial charge in [-0.15, -0.1) is 11.3 Å². The molecule has 1 amide bonds. The van der Waals surface area contributed by atoms with Crippen molar-refractivity contribution in [3.05, 3.63) is 46.7 Å². The van der Waals surface area contributed by atoms with Gasteiger partial charge in [0.15, 0.2) is 0 Å². The summed E-state index contributed by atoms with van der Waals surface area (Å²) in [7, 11) is 1.78. The highest BCUT2D eigenvalue weighted by Gasteiger charge is 2.20. The quantitative estimate of drug-likeness (QED) is 0.836. The fourth-order valence-electron chi connectivity index (χ4n) is 1.49. The molecule has 1 unspecified atom stereocenters. The van der Waals surface area contributed by atoms with Crippen LogP contribution in [-0.4, -0.2) is 27.8 Å². The van der Waals surface area contributed by atoms with E-state index in [1.165, 1.54) is 12.4 Å². The average Bonchev–Trinajstić information content (AvgIpc) is 2.91. The molecule has 0 bridgehead atoms. The summed E-state index contributed by atoms with van der Waals surface area (Å²) < 4.78 is 0. The molecule has 2 aromatic heterocycles. The van der Waals surface area contributed by atoms with Crippen molar-refractivity contribution in [1.82, 2.24) is 14.9 Å². The number of hydrogen-bond donors (Lipinski definition) is 0. The number of nitrogens with zero attached hydrogens (tertiary/aromatic N) is 3. The minimum Gasteiger partial charge on any atom is -0.333 e. The Morgan fingerprint density at radius 1 is 1.47 bits per heavy atom. The van der Waals surface area contributed by atoms with Crippen molar-refractivity contribution in [2.24, 2.45) is 0 Å². The van der Waals surface area contributed by atoms with Gasteiger partial charge in [-0.3, -0.25) is 9.78 Å². The summed E-state index contributed by atoms with van der Waals surface area (Å²) in [4.78, 5) is 22.9.